The van der Waals surface area contributed by atoms with Crippen LogP contribution in [0, 0.1) is 18.6 Å². The van der Waals surface area contributed by atoms with E-state index in [1.807, 2.05) is 13.8 Å². The van der Waals surface area contributed by atoms with Crippen LogP contribution >= 0.6 is 11.3 Å². The topological polar surface area (TPSA) is 24.9 Å². The van der Waals surface area contributed by atoms with E-state index in [4.69, 9.17) is 0 Å². The number of hydrogen-bond acceptors (Lipinski definition) is 3. The van der Waals surface area contributed by atoms with Gasteiger partial charge >= 0.3 is 0 Å². The summed E-state index contributed by atoms with van der Waals surface area (Å²) in [6, 6.07) is 3.90. The molecule has 0 radical (unpaired) electrons. The maximum Gasteiger partial charge on any atom is 0.163 e. The summed E-state index contributed by atoms with van der Waals surface area (Å²) < 4.78 is 27.2. The molecule has 1 heterocycles. The number of halogens is 2. The first-order valence-corrected chi connectivity index (χ1v) is 6.60. The first kappa shape index (κ1) is 13.1. The van der Waals surface area contributed by atoms with E-state index in [1.54, 1.807) is 11.6 Å². The summed E-state index contributed by atoms with van der Waals surface area (Å²) in [7, 11) is 0. The van der Waals surface area contributed by atoms with Crippen molar-refractivity contribution >= 4 is 11.3 Å². The Morgan fingerprint density at radius 3 is 2.78 bits per heavy atom. The first-order valence-electron chi connectivity index (χ1n) is 5.72. The van der Waals surface area contributed by atoms with E-state index in [2.05, 4.69) is 10.3 Å². The molecule has 1 atom stereocenters. The maximum atomic E-state index is 13.9. The van der Waals surface area contributed by atoms with Crippen molar-refractivity contribution in [1.29, 1.82) is 0 Å². The van der Waals surface area contributed by atoms with Gasteiger partial charge < -0.3 is 5.32 Å². The Labute approximate surface area is 109 Å². The number of benzene rings is 1. The molecule has 0 saturated carbocycles. The van der Waals surface area contributed by atoms with Gasteiger partial charge in [0.15, 0.2) is 11.6 Å². The normalized spacial score (nSPS) is 12.7. The standard InChI is InChI=1S/C13H14F2N2S/c1-3-16-12(13-8(2)17-7-18-13)9-5-4-6-10(14)11(9)15/h4-7,12,16H,3H2,1-2H3. The van der Waals surface area contributed by atoms with Crippen LogP contribution in [0.1, 0.15) is 29.1 Å². The molecule has 0 fully saturated rings. The molecule has 2 aromatic rings. The van der Waals surface area contributed by atoms with Crippen LogP contribution < -0.4 is 5.32 Å². The van der Waals surface area contributed by atoms with Crippen LogP contribution in [0.15, 0.2) is 23.7 Å². The number of nitrogens with zero attached hydrogens (tertiary/aromatic N) is 1. The Kier molecular flexibility index (Phi) is 4.04. The number of rotatable bonds is 4. The summed E-state index contributed by atoms with van der Waals surface area (Å²) in [6.07, 6.45) is 0. The maximum absolute atomic E-state index is 13.9. The number of thiazole rings is 1. The zero-order chi connectivity index (χ0) is 13.1. The van der Waals surface area contributed by atoms with Gasteiger partial charge in [0.25, 0.3) is 0 Å². The fourth-order valence-electron chi connectivity index (χ4n) is 1.88. The van der Waals surface area contributed by atoms with E-state index in [-0.39, 0.29) is 6.04 Å². The Bertz CT molecular complexity index is 540. The molecule has 0 bridgehead atoms. The fraction of sp³-hybridized carbons (Fsp3) is 0.308. The third-order valence-corrected chi connectivity index (χ3v) is 3.74. The average Bonchev–Trinajstić information content (AvgIpc) is 2.76. The van der Waals surface area contributed by atoms with Crippen LogP contribution in [0.4, 0.5) is 8.78 Å². The first-order chi connectivity index (χ1) is 8.65. The summed E-state index contributed by atoms with van der Waals surface area (Å²) in [5.41, 5.74) is 2.88. The fourth-order valence-corrected chi connectivity index (χ4v) is 2.77. The molecule has 2 rings (SSSR count). The van der Waals surface area contributed by atoms with Gasteiger partial charge in [-0.05, 0) is 19.5 Å². The van der Waals surface area contributed by atoms with Crippen molar-refractivity contribution in [3.8, 4) is 0 Å². The molecule has 0 aliphatic heterocycles. The van der Waals surface area contributed by atoms with Gasteiger partial charge in [-0.25, -0.2) is 13.8 Å². The average molecular weight is 268 g/mol. The molecule has 2 nitrogen and oxygen atoms in total. The molecule has 0 saturated heterocycles. The molecule has 1 aromatic heterocycles. The summed E-state index contributed by atoms with van der Waals surface area (Å²) in [5.74, 6) is -1.62. The molecule has 0 aliphatic rings. The molecule has 0 spiro atoms. The van der Waals surface area contributed by atoms with E-state index >= 15 is 0 Å². The highest BCUT2D eigenvalue weighted by molar-refractivity contribution is 7.09. The summed E-state index contributed by atoms with van der Waals surface area (Å²) in [5, 5.41) is 3.17. The van der Waals surface area contributed by atoms with Gasteiger partial charge in [0.05, 0.1) is 17.2 Å². The van der Waals surface area contributed by atoms with Crippen molar-refractivity contribution in [2.75, 3.05) is 6.54 Å². The summed E-state index contributed by atoms with van der Waals surface area (Å²) in [4.78, 5) is 5.08. The highest BCUT2D eigenvalue weighted by atomic mass is 32.1. The zero-order valence-electron chi connectivity index (χ0n) is 10.2. The highest BCUT2D eigenvalue weighted by Crippen LogP contribution is 2.30. The number of aryl methyl sites for hydroxylation is 1. The second kappa shape index (κ2) is 5.54. The van der Waals surface area contributed by atoms with Gasteiger partial charge in [-0.2, -0.15) is 0 Å². The van der Waals surface area contributed by atoms with Crippen molar-refractivity contribution in [3.05, 3.63) is 51.5 Å². The minimum Gasteiger partial charge on any atom is -0.306 e. The van der Waals surface area contributed by atoms with Crippen LogP contribution in [0.2, 0.25) is 0 Å². The predicted molar refractivity (Wildman–Crippen MR) is 68.7 cm³/mol. The van der Waals surface area contributed by atoms with E-state index in [9.17, 15) is 8.78 Å². The molecule has 18 heavy (non-hydrogen) atoms. The second-order valence-electron chi connectivity index (χ2n) is 3.94. The zero-order valence-corrected chi connectivity index (χ0v) is 11.0. The Hall–Kier alpha value is -1.33. The van der Waals surface area contributed by atoms with Crippen molar-refractivity contribution in [1.82, 2.24) is 10.3 Å². The monoisotopic (exact) mass is 268 g/mol. The minimum absolute atomic E-state index is 0.323. The minimum atomic E-state index is -0.822. The van der Waals surface area contributed by atoms with Crippen molar-refractivity contribution < 1.29 is 8.78 Å². The molecule has 1 aromatic carbocycles. The highest BCUT2D eigenvalue weighted by Gasteiger charge is 2.22. The van der Waals surface area contributed by atoms with Gasteiger partial charge in [0.1, 0.15) is 0 Å². The Morgan fingerprint density at radius 2 is 2.17 bits per heavy atom. The molecule has 1 unspecified atom stereocenters. The molecule has 0 amide bonds. The van der Waals surface area contributed by atoms with Crippen molar-refractivity contribution in [2.45, 2.75) is 19.9 Å². The lowest BCUT2D eigenvalue weighted by Crippen LogP contribution is -2.23. The predicted octanol–water partition coefficient (Wildman–Crippen LogP) is 3.43. The van der Waals surface area contributed by atoms with Crippen LogP contribution in [0.5, 0.6) is 0 Å². The van der Waals surface area contributed by atoms with Gasteiger partial charge in [-0.15, -0.1) is 11.3 Å². The van der Waals surface area contributed by atoms with Gasteiger partial charge in [-0.3, -0.25) is 0 Å². The SMILES string of the molecule is CCNC(c1cccc(F)c1F)c1scnc1C. The van der Waals surface area contributed by atoms with Crippen molar-refractivity contribution in [3.63, 3.8) is 0 Å². The van der Waals surface area contributed by atoms with Crippen molar-refractivity contribution in [2.24, 2.45) is 0 Å². The van der Waals surface area contributed by atoms with E-state index in [1.165, 1.54) is 17.4 Å². The second-order valence-corrected chi connectivity index (χ2v) is 4.82. The summed E-state index contributed by atoms with van der Waals surface area (Å²) >= 11 is 1.44. The number of nitrogens with one attached hydrogen (secondary N) is 1. The van der Waals surface area contributed by atoms with E-state index in [0.717, 1.165) is 16.6 Å². The molecule has 5 heteroatoms. The molecule has 96 valence electrons. The van der Waals surface area contributed by atoms with Crippen LogP contribution in [0.3, 0.4) is 0 Å². The van der Waals surface area contributed by atoms with Crippen LogP contribution in [0.25, 0.3) is 0 Å². The summed E-state index contributed by atoms with van der Waals surface area (Å²) in [6.45, 7) is 4.46. The molecule has 0 aliphatic carbocycles. The van der Waals surface area contributed by atoms with Crippen LogP contribution in [-0.2, 0) is 0 Å². The third-order valence-electron chi connectivity index (χ3n) is 2.75. The van der Waals surface area contributed by atoms with Gasteiger partial charge in [-0.1, -0.05) is 19.1 Å². The number of aromatic nitrogens is 1. The molecule has 1 N–H and O–H groups in total. The Balaban J connectivity index is 2.48. The lowest BCUT2D eigenvalue weighted by Gasteiger charge is -2.18. The van der Waals surface area contributed by atoms with E-state index in [0.29, 0.717) is 12.1 Å². The largest absolute Gasteiger partial charge is 0.306 e. The van der Waals surface area contributed by atoms with E-state index < -0.39 is 11.6 Å². The van der Waals surface area contributed by atoms with Crippen LogP contribution in [-0.4, -0.2) is 11.5 Å². The lowest BCUT2D eigenvalue weighted by atomic mass is 10.0. The van der Waals surface area contributed by atoms with Gasteiger partial charge in [0.2, 0.25) is 0 Å². The molecular weight excluding hydrogens is 254 g/mol. The van der Waals surface area contributed by atoms with Gasteiger partial charge in [0, 0.05) is 10.4 Å². The third kappa shape index (κ3) is 2.42. The lowest BCUT2D eigenvalue weighted by molar-refractivity contribution is 0.484. The Morgan fingerprint density at radius 1 is 1.39 bits per heavy atom. The number of hydrogen-bond donors (Lipinski definition) is 1. The smallest absolute Gasteiger partial charge is 0.163 e. The quantitative estimate of drug-likeness (QED) is 0.919. The molecular formula is C13H14F2N2S.